The van der Waals surface area contributed by atoms with E-state index in [1.165, 1.54) is 12.1 Å². The molecule has 144 valence electrons. The van der Waals surface area contributed by atoms with Crippen LogP contribution in [0.5, 0.6) is 0 Å². The number of rotatable bonds is 2. The second-order valence-corrected chi connectivity index (χ2v) is 4.66. The number of carbonyl (C=O) groups is 3. The van der Waals surface area contributed by atoms with Crippen LogP contribution in [0.1, 0.15) is 33.2 Å². The van der Waals surface area contributed by atoms with E-state index in [0.29, 0.717) is 5.56 Å². The van der Waals surface area contributed by atoms with Crippen LogP contribution in [-0.2, 0) is 4.79 Å². The average molecular weight is 399 g/mol. The first-order valence-corrected chi connectivity index (χ1v) is 6.94. The molecule has 1 aliphatic rings. The maximum absolute atomic E-state index is 10.6. The van der Waals surface area contributed by atoms with Crippen molar-refractivity contribution < 1.29 is 29.7 Å². The Morgan fingerprint density at radius 3 is 1.56 bits per heavy atom. The lowest BCUT2D eigenvalue weighted by molar-refractivity contribution is -0.134. The maximum atomic E-state index is 10.6. The number of carboxylic acids is 3. The summed E-state index contributed by atoms with van der Waals surface area (Å²) in [6.45, 7) is 7.26. The van der Waals surface area contributed by atoms with E-state index < -0.39 is 17.9 Å². The fraction of sp³-hybridized carbons (Fsp3) is 0.400. The number of nitrogens with one attached hydrogen (secondary N) is 2. The second kappa shape index (κ2) is 15.6. The number of halogens is 2. The summed E-state index contributed by atoms with van der Waals surface area (Å²) in [5.74, 6) is -3.07. The van der Waals surface area contributed by atoms with Crippen LogP contribution >= 0.6 is 24.8 Å². The van der Waals surface area contributed by atoms with Crippen LogP contribution in [0.4, 0.5) is 0 Å². The molecule has 25 heavy (non-hydrogen) atoms. The van der Waals surface area contributed by atoms with E-state index in [4.69, 9.17) is 20.1 Å². The summed E-state index contributed by atoms with van der Waals surface area (Å²) in [6, 6.07) is 4.01. The molecule has 0 bridgehead atoms. The third-order valence-electron chi connectivity index (χ3n) is 2.67. The molecule has 0 radical (unpaired) electrons. The van der Waals surface area contributed by atoms with E-state index in [2.05, 4.69) is 10.6 Å². The van der Waals surface area contributed by atoms with Gasteiger partial charge < -0.3 is 26.0 Å². The van der Waals surface area contributed by atoms with Crippen molar-refractivity contribution in [2.75, 3.05) is 26.2 Å². The van der Waals surface area contributed by atoms with Gasteiger partial charge >= 0.3 is 11.9 Å². The smallest absolute Gasteiger partial charge is 0.335 e. The molecule has 0 spiro atoms. The van der Waals surface area contributed by atoms with E-state index in [9.17, 15) is 9.59 Å². The van der Waals surface area contributed by atoms with Crippen LogP contribution in [0.3, 0.4) is 0 Å². The van der Waals surface area contributed by atoms with Crippen molar-refractivity contribution >= 4 is 42.7 Å². The van der Waals surface area contributed by atoms with Crippen molar-refractivity contribution in [1.29, 1.82) is 0 Å². The summed E-state index contributed by atoms with van der Waals surface area (Å²) >= 11 is 0. The number of hydrogen-bond acceptors (Lipinski definition) is 5. The second-order valence-electron chi connectivity index (χ2n) is 4.66. The molecule has 1 aromatic rings. The lowest BCUT2D eigenvalue weighted by Gasteiger charge is -2.11. The first-order chi connectivity index (χ1) is 10.8. The van der Waals surface area contributed by atoms with Gasteiger partial charge in [-0.15, -0.1) is 24.8 Å². The summed E-state index contributed by atoms with van der Waals surface area (Å²) in [4.78, 5) is 30.1. The van der Waals surface area contributed by atoms with Crippen LogP contribution in [0.2, 0.25) is 0 Å². The van der Waals surface area contributed by atoms with Gasteiger partial charge in [0, 0.05) is 33.1 Å². The van der Waals surface area contributed by atoms with Crippen molar-refractivity contribution in [1.82, 2.24) is 10.6 Å². The minimum absolute atomic E-state index is 0. The van der Waals surface area contributed by atoms with Crippen molar-refractivity contribution in [3.05, 3.63) is 34.9 Å². The molecule has 0 aromatic heterocycles. The van der Waals surface area contributed by atoms with Crippen molar-refractivity contribution in [2.24, 2.45) is 0 Å². The topological polar surface area (TPSA) is 136 Å². The molecule has 0 saturated carbocycles. The molecule has 1 aromatic carbocycles. The molecule has 1 saturated heterocycles. The molecule has 10 heteroatoms. The molecule has 1 fully saturated rings. The average Bonchev–Trinajstić information content (AvgIpc) is 2.49. The standard InChI is InChI=1S/C9H8O4.C4H10N2.C2H4O2.2ClH/c1-5-2-3-6(8(10)11)4-7(5)9(12)13;1-2-6-4-3-5-1;1-2(3)4;;/h2-4H,1H3,(H,10,11)(H,12,13);5-6H,1-4H2;1H3,(H,3,4);2*1H. The molecule has 0 unspecified atom stereocenters. The van der Waals surface area contributed by atoms with Gasteiger partial charge in [0.15, 0.2) is 0 Å². The molecule has 0 atom stereocenters. The van der Waals surface area contributed by atoms with Crippen molar-refractivity contribution in [2.45, 2.75) is 13.8 Å². The Morgan fingerprint density at radius 2 is 1.28 bits per heavy atom. The van der Waals surface area contributed by atoms with Gasteiger partial charge in [0.25, 0.3) is 5.97 Å². The Bertz CT molecular complexity index is 535. The first-order valence-electron chi connectivity index (χ1n) is 6.94. The van der Waals surface area contributed by atoms with Gasteiger partial charge in [0.05, 0.1) is 11.1 Å². The first kappa shape index (κ1) is 28.0. The SMILES string of the molecule is C1CNCCN1.CC(=O)O.Cc1ccc(C(=O)O)cc1C(=O)O.Cl.Cl. The highest BCUT2D eigenvalue weighted by Crippen LogP contribution is 2.11. The Balaban J connectivity index is -0.000000339. The summed E-state index contributed by atoms with van der Waals surface area (Å²) in [6.07, 6.45) is 0. The third-order valence-corrected chi connectivity index (χ3v) is 2.67. The van der Waals surface area contributed by atoms with Gasteiger partial charge in [0.1, 0.15) is 0 Å². The van der Waals surface area contributed by atoms with Crippen molar-refractivity contribution in [3.8, 4) is 0 Å². The minimum atomic E-state index is -1.12. The highest BCUT2D eigenvalue weighted by atomic mass is 35.5. The van der Waals surface area contributed by atoms with Crippen LogP contribution in [0, 0.1) is 6.92 Å². The molecular weight excluding hydrogens is 375 g/mol. The third kappa shape index (κ3) is 14.2. The number of aryl methyl sites for hydroxylation is 1. The normalized spacial score (nSPS) is 11.8. The fourth-order valence-corrected chi connectivity index (χ4v) is 1.59. The Hall–Kier alpha value is -1.87. The molecule has 0 aliphatic carbocycles. The van der Waals surface area contributed by atoms with Crippen molar-refractivity contribution in [3.63, 3.8) is 0 Å². The molecule has 2 rings (SSSR count). The van der Waals surface area contributed by atoms with Gasteiger partial charge in [-0.1, -0.05) is 6.07 Å². The molecule has 1 heterocycles. The number of carboxylic acid groups (broad SMARTS) is 3. The number of piperazine rings is 1. The van der Waals surface area contributed by atoms with E-state index >= 15 is 0 Å². The molecule has 8 nitrogen and oxygen atoms in total. The highest BCUT2D eigenvalue weighted by molar-refractivity contribution is 5.94. The van der Waals surface area contributed by atoms with Gasteiger partial charge in [-0.2, -0.15) is 0 Å². The van der Waals surface area contributed by atoms with Crippen LogP contribution in [0.15, 0.2) is 18.2 Å². The Labute approximate surface area is 158 Å². The van der Waals surface area contributed by atoms with E-state index in [1.54, 1.807) is 6.92 Å². The number of aromatic carboxylic acids is 2. The van der Waals surface area contributed by atoms with E-state index in [1.807, 2.05) is 0 Å². The van der Waals surface area contributed by atoms with Gasteiger partial charge in [-0.25, -0.2) is 9.59 Å². The van der Waals surface area contributed by atoms with Gasteiger partial charge in [0.2, 0.25) is 0 Å². The molecular formula is C15H24Cl2N2O6. The highest BCUT2D eigenvalue weighted by Gasteiger charge is 2.10. The van der Waals surface area contributed by atoms with Crippen LogP contribution < -0.4 is 10.6 Å². The number of hydrogen-bond donors (Lipinski definition) is 5. The van der Waals surface area contributed by atoms with Gasteiger partial charge in [-0.3, -0.25) is 4.79 Å². The molecule has 0 amide bonds. The lowest BCUT2D eigenvalue weighted by Crippen LogP contribution is -2.39. The largest absolute Gasteiger partial charge is 0.481 e. The van der Waals surface area contributed by atoms with E-state index in [-0.39, 0.29) is 35.9 Å². The van der Waals surface area contributed by atoms with Gasteiger partial charge in [-0.05, 0) is 24.6 Å². The predicted molar refractivity (Wildman–Crippen MR) is 98.6 cm³/mol. The van der Waals surface area contributed by atoms with Crippen LogP contribution in [0.25, 0.3) is 0 Å². The minimum Gasteiger partial charge on any atom is -0.481 e. The maximum Gasteiger partial charge on any atom is 0.335 e. The van der Waals surface area contributed by atoms with E-state index in [0.717, 1.165) is 39.2 Å². The Kier molecular flexibility index (Phi) is 17.5. The summed E-state index contributed by atoms with van der Waals surface area (Å²) in [5.41, 5.74) is 0.570. The summed E-state index contributed by atoms with van der Waals surface area (Å²) < 4.78 is 0. The van der Waals surface area contributed by atoms with Crippen LogP contribution in [-0.4, -0.2) is 59.4 Å². The summed E-state index contributed by atoms with van der Waals surface area (Å²) in [5, 5.41) is 31.1. The zero-order chi connectivity index (χ0) is 17.8. The summed E-state index contributed by atoms with van der Waals surface area (Å²) in [7, 11) is 0. The zero-order valence-electron chi connectivity index (χ0n) is 13.9. The number of aliphatic carboxylic acids is 1. The Morgan fingerprint density at radius 1 is 0.880 bits per heavy atom. The fourth-order valence-electron chi connectivity index (χ4n) is 1.59. The lowest BCUT2D eigenvalue weighted by atomic mass is 10.1. The zero-order valence-corrected chi connectivity index (χ0v) is 15.6. The number of benzene rings is 1. The monoisotopic (exact) mass is 398 g/mol. The molecule has 1 aliphatic heterocycles. The quantitative estimate of drug-likeness (QED) is 0.505. The molecule has 5 N–H and O–H groups in total. The predicted octanol–water partition coefficient (Wildman–Crippen LogP) is 1.51.